The number of hydrogen-bond acceptors (Lipinski definition) is 4. The minimum Gasteiger partial charge on any atom is -0.341 e. The fourth-order valence-electron chi connectivity index (χ4n) is 4.95. The fourth-order valence-corrected chi connectivity index (χ4v) is 4.95. The molecule has 1 N–H and O–H groups in total. The third kappa shape index (κ3) is 3.34. The number of rotatable bonds is 3. The molecule has 4 rings (SSSR count). The molecular formula is C19H31N5O. The van der Waals surface area contributed by atoms with Gasteiger partial charge in [0, 0.05) is 31.5 Å². The van der Waals surface area contributed by atoms with Crippen LogP contribution in [-0.4, -0.2) is 70.8 Å². The molecule has 25 heavy (non-hydrogen) atoms. The Labute approximate surface area is 150 Å². The van der Waals surface area contributed by atoms with Crippen molar-refractivity contribution in [3.8, 4) is 0 Å². The van der Waals surface area contributed by atoms with Crippen molar-refractivity contribution in [1.82, 2.24) is 24.9 Å². The molecule has 3 aliphatic heterocycles. The molecule has 0 radical (unpaired) electrons. The lowest BCUT2D eigenvalue weighted by Crippen LogP contribution is -2.56. The Kier molecular flexibility index (Phi) is 5.08. The molecular weight excluding hydrogens is 314 g/mol. The van der Waals surface area contributed by atoms with Crippen LogP contribution in [0.15, 0.2) is 18.5 Å². The number of piperidine rings is 1. The second-order valence-electron chi connectivity index (χ2n) is 7.85. The van der Waals surface area contributed by atoms with Gasteiger partial charge in [-0.3, -0.25) is 9.48 Å². The van der Waals surface area contributed by atoms with E-state index in [0.717, 1.165) is 51.9 Å². The van der Waals surface area contributed by atoms with Crippen LogP contribution in [0.25, 0.3) is 0 Å². The van der Waals surface area contributed by atoms with E-state index in [-0.39, 0.29) is 0 Å². The Morgan fingerprint density at radius 3 is 2.56 bits per heavy atom. The maximum Gasteiger partial charge on any atom is 0.250 e. The van der Waals surface area contributed by atoms with Crippen LogP contribution in [0.4, 0.5) is 0 Å². The first-order chi connectivity index (χ1) is 12.3. The Morgan fingerprint density at radius 1 is 1.04 bits per heavy atom. The molecule has 3 aliphatic rings. The summed E-state index contributed by atoms with van der Waals surface area (Å²) in [6, 6.07) is 2.61. The highest BCUT2D eigenvalue weighted by molar-refractivity contribution is 5.84. The zero-order chi connectivity index (χ0) is 17.1. The normalized spacial score (nSPS) is 28.0. The number of aromatic nitrogens is 2. The number of carbonyl (C=O) groups excluding carboxylic acids is 1. The molecule has 1 atom stereocenters. The van der Waals surface area contributed by atoms with Crippen molar-refractivity contribution in [2.75, 3.05) is 39.3 Å². The van der Waals surface area contributed by atoms with E-state index < -0.39 is 5.54 Å². The summed E-state index contributed by atoms with van der Waals surface area (Å²) >= 11 is 0. The quantitative estimate of drug-likeness (QED) is 0.901. The summed E-state index contributed by atoms with van der Waals surface area (Å²) in [5, 5.41) is 7.86. The van der Waals surface area contributed by atoms with E-state index >= 15 is 0 Å². The van der Waals surface area contributed by atoms with Crippen LogP contribution in [0.3, 0.4) is 0 Å². The van der Waals surface area contributed by atoms with Crippen molar-refractivity contribution >= 4 is 5.91 Å². The van der Waals surface area contributed by atoms with Crippen LogP contribution in [0.2, 0.25) is 0 Å². The van der Waals surface area contributed by atoms with E-state index in [0.29, 0.717) is 11.9 Å². The zero-order valence-electron chi connectivity index (χ0n) is 15.2. The number of carbonyl (C=O) groups is 1. The van der Waals surface area contributed by atoms with Gasteiger partial charge in [0.05, 0.1) is 0 Å². The third-order valence-corrected chi connectivity index (χ3v) is 6.41. The van der Waals surface area contributed by atoms with Gasteiger partial charge in [-0.25, -0.2) is 0 Å². The average Bonchev–Trinajstić information content (AvgIpc) is 3.33. The minimum absolute atomic E-state index is 0.291. The van der Waals surface area contributed by atoms with E-state index in [4.69, 9.17) is 0 Å². The van der Waals surface area contributed by atoms with E-state index in [1.54, 1.807) is 6.20 Å². The Bertz CT molecular complexity index is 560. The summed E-state index contributed by atoms with van der Waals surface area (Å²) < 4.78 is 1.93. The minimum atomic E-state index is -0.484. The number of nitrogens with zero attached hydrogens (tertiary/aromatic N) is 4. The molecule has 6 nitrogen and oxygen atoms in total. The van der Waals surface area contributed by atoms with Crippen LogP contribution in [0.5, 0.6) is 0 Å². The lowest BCUT2D eigenvalue weighted by Gasteiger charge is -2.40. The summed E-state index contributed by atoms with van der Waals surface area (Å²) in [6.45, 7) is 6.07. The molecule has 4 heterocycles. The van der Waals surface area contributed by atoms with E-state index in [2.05, 4.69) is 20.2 Å². The first kappa shape index (κ1) is 17.0. The molecule has 0 bridgehead atoms. The highest BCUT2D eigenvalue weighted by atomic mass is 16.2. The van der Waals surface area contributed by atoms with Crippen LogP contribution in [-0.2, 0) is 10.3 Å². The van der Waals surface area contributed by atoms with Gasteiger partial charge in [0.25, 0.3) is 5.91 Å². The van der Waals surface area contributed by atoms with Crippen LogP contribution in [0.1, 0.15) is 44.9 Å². The highest BCUT2D eigenvalue weighted by Crippen LogP contribution is 2.31. The summed E-state index contributed by atoms with van der Waals surface area (Å²) in [5.74, 6) is 0.291. The zero-order valence-corrected chi connectivity index (χ0v) is 15.2. The molecule has 0 aromatic carbocycles. The van der Waals surface area contributed by atoms with Crippen molar-refractivity contribution < 1.29 is 4.79 Å². The lowest BCUT2D eigenvalue weighted by molar-refractivity contribution is -0.143. The van der Waals surface area contributed by atoms with E-state index in [1.807, 2.05) is 16.9 Å². The Hall–Kier alpha value is -1.40. The fraction of sp³-hybridized carbons (Fsp3) is 0.789. The SMILES string of the molecule is O=C(N1CCCC(N2CCCC2)CC1)C1(n2cccn2)CCNCC1. The molecule has 1 aromatic rings. The summed E-state index contributed by atoms with van der Waals surface area (Å²) in [4.78, 5) is 18.4. The van der Waals surface area contributed by atoms with Crippen molar-refractivity contribution in [2.45, 2.75) is 56.5 Å². The third-order valence-electron chi connectivity index (χ3n) is 6.41. The van der Waals surface area contributed by atoms with Gasteiger partial charge < -0.3 is 15.1 Å². The number of likely N-dealkylation sites (tertiary alicyclic amines) is 2. The maximum absolute atomic E-state index is 13.6. The average molecular weight is 345 g/mol. The van der Waals surface area contributed by atoms with E-state index in [9.17, 15) is 4.79 Å². The molecule has 0 spiro atoms. The predicted molar refractivity (Wildman–Crippen MR) is 97.3 cm³/mol. The van der Waals surface area contributed by atoms with Crippen molar-refractivity contribution in [1.29, 1.82) is 0 Å². The first-order valence-corrected chi connectivity index (χ1v) is 10.0. The molecule has 1 unspecified atom stereocenters. The van der Waals surface area contributed by atoms with E-state index in [1.165, 1.54) is 32.4 Å². The lowest BCUT2D eigenvalue weighted by atomic mass is 9.86. The topological polar surface area (TPSA) is 53.4 Å². The highest BCUT2D eigenvalue weighted by Gasteiger charge is 2.44. The molecule has 0 aliphatic carbocycles. The molecule has 3 fully saturated rings. The Morgan fingerprint density at radius 2 is 1.84 bits per heavy atom. The molecule has 138 valence electrons. The summed E-state index contributed by atoms with van der Waals surface area (Å²) in [7, 11) is 0. The van der Waals surface area contributed by atoms with Gasteiger partial charge in [-0.05, 0) is 77.2 Å². The first-order valence-electron chi connectivity index (χ1n) is 10.0. The molecule has 3 saturated heterocycles. The molecule has 1 aromatic heterocycles. The number of hydrogen-bond donors (Lipinski definition) is 1. The van der Waals surface area contributed by atoms with Crippen LogP contribution in [0, 0.1) is 0 Å². The van der Waals surface area contributed by atoms with Crippen LogP contribution >= 0.6 is 0 Å². The van der Waals surface area contributed by atoms with Gasteiger partial charge in [-0.15, -0.1) is 0 Å². The van der Waals surface area contributed by atoms with Gasteiger partial charge in [0.2, 0.25) is 0 Å². The van der Waals surface area contributed by atoms with Gasteiger partial charge in [-0.2, -0.15) is 5.10 Å². The molecule has 0 saturated carbocycles. The summed E-state index contributed by atoms with van der Waals surface area (Å²) in [6.07, 6.45) is 11.6. The predicted octanol–water partition coefficient (Wildman–Crippen LogP) is 1.44. The van der Waals surface area contributed by atoms with Crippen LogP contribution < -0.4 is 5.32 Å². The smallest absolute Gasteiger partial charge is 0.250 e. The van der Waals surface area contributed by atoms with Crippen molar-refractivity contribution in [3.63, 3.8) is 0 Å². The van der Waals surface area contributed by atoms with Gasteiger partial charge >= 0.3 is 0 Å². The second-order valence-corrected chi connectivity index (χ2v) is 7.85. The molecule has 6 heteroatoms. The maximum atomic E-state index is 13.6. The van der Waals surface area contributed by atoms with Gasteiger partial charge in [-0.1, -0.05) is 0 Å². The monoisotopic (exact) mass is 345 g/mol. The Balaban J connectivity index is 1.48. The second kappa shape index (κ2) is 7.46. The van der Waals surface area contributed by atoms with Crippen molar-refractivity contribution in [3.05, 3.63) is 18.5 Å². The van der Waals surface area contributed by atoms with Gasteiger partial charge in [0.15, 0.2) is 0 Å². The van der Waals surface area contributed by atoms with Gasteiger partial charge in [0.1, 0.15) is 5.54 Å². The number of amides is 1. The largest absolute Gasteiger partial charge is 0.341 e. The number of nitrogens with one attached hydrogen (secondary N) is 1. The summed E-state index contributed by atoms with van der Waals surface area (Å²) in [5.41, 5.74) is -0.484. The standard InChI is InChI=1S/C19H31N5O/c25-18(19(7-10-20-11-8-19)24-15-4-9-21-24)23-14-3-5-17(6-16-23)22-12-1-2-13-22/h4,9,15,17,20H,1-3,5-8,10-14,16H2. The molecule has 1 amide bonds. The van der Waals surface area contributed by atoms with Crippen molar-refractivity contribution in [2.24, 2.45) is 0 Å².